The number of benzene rings is 1. The van der Waals surface area contributed by atoms with Crippen molar-refractivity contribution < 1.29 is 22.1 Å². The van der Waals surface area contributed by atoms with Crippen LogP contribution in [0.4, 0.5) is 4.39 Å². The van der Waals surface area contributed by atoms with Gasteiger partial charge >= 0.3 is 0 Å². The van der Waals surface area contributed by atoms with Crippen molar-refractivity contribution >= 4 is 15.9 Å². The van der Waals surface area contributed by atoms with E-state index >= 15 is 0 Å². The summed E-state index contributed by atoms with van der Waals surface area (Å²) in [5, 5.41) is 4.09. The van der Waals surface area contributed by atoms with Crippen LogP contribution in [0.5, 0.6) is 0 Å². The number of piperidine rings is 1. The minimum atomic E-state index is -3.71. The van der Waals surface area contributed by atoms with Gasteiger partial charge < -0.3 is 9.42 Å². The van der Waals surface area contributed by atoms with Crippen LogP contribution >= 0.6 is 0 Å². The van der Waals surface area contributed by atoms with Gasteiger partial charge in [-0.1, -0.05) is 11.2 Å². The molecule has 0 N–H and O–H groups in total. The molecule has 0 radical (unpaired) electrons. The Labute approximate surface area is 175 Å². The number of nitrogens with zero attached hydrogens (tertiary/aromatic N) is 4. The third-order valence-electron chi connectivity index (χ3n) is 5.94. The lowest BCUT2D eigenvalue weighted by Gasteiger charge is -2.37. The molecular weight excluding hydrogens is 411 g/mol. The van der Waals surface area contributed by atoms with E-state index in [1.807, 2.05) is 4.90 Å². The number of halogens is 1. The molecule has 8 nitrogen and oxygen atoms in total. The third kappa shape index (κ3) is 4.11. The molecule has 30 heavy (non-hydrogen) atoms. The van der Waals surface area contributed by atoms with Crippen molar-refractivity contribution in [2.24, 2.45) is 5.92 Å². The summed E-state index contributed by atoms with van der Waals surface area (Å²) in [4.78, 5) is 17.8. The number of aryl methyl sites for hydroxylation is 1. The number of hydrogen-bond acceptors (Lipinski definition) is 6. The molecule has 3 heterocycles. The Morgan fingerprint density at radius 1 is 1.27 bits per heavy atom. The fraction of sp³-hybridized carbons (Fsp3) is 0.550. The second-order valence-corrected chi connectivity index (χ2v) is 10.0. The Kier molecular flexibility index (Phi) is 5.63. The van der Waals surface area contributed by atoms with Gasteiger partial charge in [-0.3, -0.25) is 4.79 Å². The van der Waals surface area contributed by atoms with Crippen LogP contribution in [0, 0.1) is 18.7 Å². The number of carbonyl (C=O) groups excluding carboxylic acids is 1. The van der Waals surface area contributed by atoms with Crippen LogP contribution < -0.4 is 0 Å². The first-order valence-corrected chi connectivity index (χ1v) is 11.5. The minimum absolute atomic E-state index is 0.0120. The van der Waals surface area contributed by atoms with E-state index in [9.17, 15) is 17.6 Å². The van der Waals surface area contributed by atoms with E-state index in [0.717, 1.165) is 18.9 Å². The van der Waals surface area contributed by atoms with Gasteiger partial charge in [-0.25, -0.2) is 12.8 Å². The van der Waals surface area contributed by atoms with Gasteiger partial charge in [0.2, 0.25) is 21.8 Å². The van der Waals surface area contributed by atoms with Gasteiger partial charge in [0, 0.05) is 45.4 Å². The van der Waals surface area contributed by atoms with Crippen LogP contribution in [0.3, 0.4) is 0 Å². The Balaban J connectivity index is 1.33. The minimum Gasteiger partial charge on any atom is -0.343 e. The summed E-state index contributed by atoms with van der Waals surface area (Å²) in [7, 11) is -3.71. The largest absolute Gasteiger partial charge is 0.343 e. The van der Waals surface area contributed by atoms with Crippen LogP contribution in [0.25, 0.3) is 0 Å². The summed E-state index contributed by atoms with van der Waals surface area (Å²) in [6.45, 7) is 5.30. The number of aromatic nitrogens is 2. The molecule has 0 bridgehead atoms. The first-order valence-electron chi connectivity index (χ1n) is 10.1. The van der Waals surface area contributed by atoms with Crippen molar-refractivity contribution in [2.45, 2.75) is 43.9 Å². The van der Waals surface area contributed by atoms with Gasteiger partial charge in [0.15, 0.2) is 5.82 Å². The molecule has 2 aromatic rings. The second kappa shape index (κ2) is 8.07. The Hall–Kier alpha value is -2.33. The number of sulfonamides is 1. The van der Waals surface area contributed by atoms with Crippen LogP contribution in [0.2, 0.25) is 0 Å². The molecule has 162 valence electrons. The molecule has 2 aliphatic heterocycles. The monoisotopic (exact) mass is 436 g/mol. The summed E-state index contributed by atoms with van der Waals surface area (Å²) in [5.74, 6) is 0.938. The van der Waals surface area contributed by atoms with Crippen LogP contribution in [0.15, 0.2) is 27.6 Å². The number of likely N-dealkylation sites (tertiary alicyclic amines) is 1. The molecule has 2 fully saturated rings. The number of amides is 1. The summed E-state index contributed by atoms with van der Waals surface area (Å²) >= 11 is 0. The molecule has 1 aromatic heterocycles. The van der Waals surface area contributed by atoms with Gasteiger partial charge in [-0.05, 0) is 43.4 Å². The zero-order valence-corrected chi connectivity index (χ0v) is 17.9. The SMILES string of the molecule is CC(=O)N1CCC(c2noc(CC3CN(S(=O)(=O)c4cc(F)ccc4C)C3)n2)CC1. The van der Waals surface area contributed by atoms with E-state index in [1.165, 1.54) is 16.4 Å². The topological polar surface area (TPSA) is 96.6 Å². The molecule has 0 atom stereocenters. The van der Waals surface area contributed by atoms with E-state index in [-0.39, 0.29) is 22.6 Å². The van der Waals surface area contributed by atoms with Gasteiger partial charge in [0.05, 0.1) is 4.90 Å². The highest BCUT2D eigenvalue weighted by Gasteiger charge is 2.38. The Bertz CT molecular complexity index is 1040. The highest BCUT2D eigenvalue weighted by molar-refractivity contribution is 7.89. The molecule has 1 amide bonds. The lowest BCUT2D eigenvalue weighted by molar-refractivity contribution is -0.129. The normalized spacial score (nSPS) is 19.1. The molecule has 4 rings (SSSR count). The Morgan fingerprint density at radius 3 is 2.63 bits per heavy atom. The molecule has 0 aliphatic carbocycles. The van der Waals surface area contributed by atoms with Crippen molar-refractivity contribution in [3.05, 3.63) is 41.3 Å². The molecule has 10 heteroatoms. The fourth-order valence-electron chi connectivity index (χ4n) is 4.06. The predicted molar refractivity (Wildman–Crippen MR) is 106 cm³/mol. The summed E-state index contributed by atoms with van der Waals surface area (Å²) in [5.41, 5.74) is 0.525. The molecule has 2 aliphatic rings. The lowest BCUT2D eigenvalue weighted by Crippen LogP contribution is -2.50. The van der Waals surface area contributed by atoms with Gasteiger partial charge in [0.1, 0.15) is 5.82 Å². The zero-order chi connectivity index (χ0) is 21.5. The van der Waals surface area contributed by atoms with E-state index in [2.05, 4.69) is 10.1 Å². The zero-order valence-electron chi connectivity index (χ0n) is 17.0. The summed E-state index contributed by atoms with van der Waals surface area (Å²) in [6.07, 6.45) is 2.12. The third-order valence-corrected chi connectivity index (χ3v) is 7.92. The first kappa shape index (κ1) is 20.9. The number of hydrogen-bond donors (Lipinski definition) is 0. The van der Waals surface area contributed by atoms with Gasteiger partial charge in [0.25, 0.3) is 0 Å². The standard InChI is InChI=1S/C20H25FN4O4S/c1-13-3-4-17(21)10-18(13)30(27,28)25-11-15(12-25)9-19-22-20(23-29-19)16-5-7-24(8-6-16)14(2)26/h3-4,10,15-16H,5-9,11-12H2,1-2H3. The lowest BCUT2D eigenvalue weighted by atomic mass is 9.96. The average Bonchev–Trinajstić information content (AvgIpc) is 3.14. The van der Waals surface area contributed by atoms with Gasteiger partial charge in [-0.15, -0.1) is 0 Å². The highest BCUT2D eigenvalue weighted by Crippen LogP contribution is 2.30. The van der Waals surface area contributed by atoms with Crippen molar-refractivity contribution in [3.8, 4) is 0 Å². The summed E-state index contributed by atoms with van der Waals surface area (Å²) < 4.78 is 45.7. The van der Waals surface area contributed by atoms with Crippen molar-refractivity contribution in [1.29, 1.82) is 0 Å². The van der Waals surface area contributed by atoms with Crippen LogP contribution in [-0.2, 0) is 21.2 Å². The highest BCUT2D eigenvalue weighted by atomic mass is 32.2. The van der Waals surface area contributed by atoms with Crippen molar-refractivity contribution in [3.63, 3.8) is 0 Å². The van der Waals surface area contributed by atoms with E-state index in [1.54, 1.807) is 13.8 Å². The quantitative estimate of drug-likeness (QED) is 0.712. The average molecular weight is 437 g/mol. The predicted octanol–water partition coefficient (Wildman–Crippen LogP) is 2.11. The molecule has 0 unspecified atom stereocenters. The maximum absolute atomic E-state index is 13.5. The summed E-state index contributed by atoms with van der Waals surface area (Å²) in [6, 6.07) is 3.80. The van der Waals surface area contributed by atoms with Crippen LogP contribution in [-0.4, -0.2) is 59.8 Å². The number of rotatable bonds is 5. The molecule has 0 saturated carbocycles. The van der Waals surface area contributed by atoms with Crippen molar-refractivity contribution in [2.75, 3.05) is 26.2 Å². The fourth-order valence-corrected chi connectivity index (χ4v) is 5.88. The maximum atomic E-state index is 13.5. The molecule has 0 spiro atoms. The smallest absolute Gasteiger partial charge is 0.243 e. The molecule has 2 saturated heterocycles. The number of carbonyl (C=O) groups is 1. The van der Waals surface area contributed by atoms with E-state index in [4.69, 9.17) is 4.52 Å². The van der Waals surface area contributed by atoms with Crippen LogP contribution in [0.1, 0.15) is 43.0 Å². The second-order valence-electron chi connectivity index (χ2n) is 8.13. The Morgan fingerprint density at radius 2 is 1.97 bits per heavy atom. The van der Waals surface area contributed by atoms with E-state index < -0.39 is 15.8 Å². The first-order chi connectivity index (χ1) is 14.2. The molecular formula is C20H25FN4O4S. The maximum Gasteiger partial charge on any atom is 0.243 e. The van der Waals surface area contributed by atoms with E-state index in [0.29, 0.717) is 49.9 Å². The van der Waals surface area contributed by atoms with Crippen molar-refractivity contribution in [1.82, 2.24) is 19.3 Å². The molecule has 1 aromatic carbocycles. The van der Waals surface area contributed by atoms with Gasteiger partial charge in [-0.2, -0.15) is 9.29 Å².